The van der Waals surface area contributed by atoms with Crippen LogP contribution in [0.3, 0.4) is 0 Å². The summed E-state index contributed by atoms with van der Waals surface area (Å²) < 4.78 is 7.78. The van der Waals surface area contributed by atoms with Crippen LogP contribution in [0.4, 0.5) is 5.95 Å². The molecule has 0 aliphatic carbocycles. The number of aromatic nitrogens is 2. The van der Waals surface area contributed by atoms with Crippen molar-refractivity contribution in [1.29, 1.82) is 0 Å². The fraction of sp³-hybridized carbons (Fsp3) is 0.250. The number of nitrogen functional groups attached to an aromatic ring is 1. The molecule has 2 N–H and O–H groups in total. The second-order valence-electron chi connectivity index (χ2n) is 3.97. The van der Waals surface area contributed by atoms with Crippen molar-refractivity contribution in [2.24, 2.45) is 7.05 Å². The third kappa shape index (κ3) is 2.08. The van der Waals surface area contributed by atoms with E-state index in [1.54, 1.807) is 11.7 Å². The van der Waals surface area contributed by atoms with Gasteiger partial charge in [0.25, 0.3) is 0 Å². The molecule has 96 valence electrons. The van der Waals surface area contributed by atoms with E-state index in [-0.39, 0.29) is 0 Å². The molecule has 2 rings (SSSR count). The fourth-order valence-corrected chi connectivity index (χ4v) is 2.46. The molecule has 0 unspecified atom stereocenters. The van der Waals surface area contributed by atoms with Gasteiger partial charge in [0.05, 0.1) is 12.1 Å². The van der Waals surface area contributed by atoms with Crippen molar-refractivity contribution in [3.63, 3.8) is 0 Å². The van der Waals surface area contributed by atoms with Crippen molar-refractivity contribution >= 4 is 33.5 Å². The van der Waals surface area contributed by atoms with Crippen molar-refractivity contribution in [3.8, 4) is 17.0 Å². The molecule has 0 bridgehead atoms. The van der Waals surface area contributed by atoms with E-state index >= 15 is 0 Å². The van der Waals surface area contributed by atoms with Crippen molar-refractivity contribution in [1.82, 2.24) is 9.55 Å². The standard InChI is InChI=1S/C12H13BrClN3O/c1-6-4-9(18-3)8(14)5-7(6)10-11(13)17(2)12(15)16-10/h4-5H,1-3H3,(H2,15,16). The van der Waals surface area contributed by atoms with E-state index < -0.39 is 0 Å². The summed E-state index contributed by atoms with van der Waals surface area (Å²) in [5, 5.41) is 0.550. The lowest BCUT2D eigenvalue weighted by atomic mass is 10.1. The minimum atomic E-state index is 0.447. The number of imidazole rings is 1. The Morgan fingerprint density at radius 1 is 1.44 bits per heavy atom. The minimum Gasteiger partial charge on any atom is -0.495 e. The molecule has 1 heterocycles. The summed E-state index contributed by atoms with van der Waals surface area (Å²) in [6.45, 7) is 1.98. The van der Waals surface area contributed by atoms with Crippen LogP contribution in [0.15, 0.2) is 16.7 Å². The number of nitrogens with zero attached hydrogens (tertiary/aromatic N) is 2. The molecule has 1 aromatic carbocycles. The zero-order valence-electron chi connectivity index (χ0n) is 10.3. The molecule has 18 heavy (non-hydrogen) atoms. The van der Waals surface area contributed by atoms with Gasteiger partial charge >= 0.3 is 0 Å². The maximum Gasteiger partial charge on any atom is 0.201 e. The number of nitrogens with two attached hydrogens (primary N) is 1. The Bertz CT molecular complexity index is 610. The Morgan fingerprint density at radius 2 is 2.11 bits per heavy atom. The molecule has 0 aliphatic heterocycles. The molecule has 2 aromatic rings. The van der Waals surface area contributed by atoms with Crippen molar-refractivity contribution in [2.75, 3.05) is 12.8 Å². The summed E-state index contributed by atoms with van der Waals surface area (Å²) in [7, 11) is 3.44. The Hall–Kier alpha value is -1.20. The third-order valence-electron chi connectivity index (χ3n) is 2.81. The molecule has 0 fully saturated rings. The van der Waals surface area contributed by atoms with Crippen LogP contribution in [0.2, 0.25) is 5.02 Å². The van der Waals surface area contributed by atoms with Gasteiger partial charge in [-0.25, -0.2) is 4.98 Å². The molecular formula is C12H13BrClN3O. The molecule has 0 atom stereocenters. The zero-order chi connectivity index (χ0) is 13.4. The lowest BCUT2D eigenvalue weighted by Gasteiger charge is -2.09. The average molecular weight is 331 g/mol. The Morgan fingerprint density at radius 3 is 2.61 bits per heavy atom. The first kappa shape index (κ1) is 13.2. The molecule has 1 aromatic heterocycles. The van der Waals surface area contributed by atoms with Crippen LogP contribution in [-0.4, -0.2) is 16.7 Å². The first-order valence-corrected chi connectivity index (χ1v) is 6.45. The van der Waals surface area contributed by atoms with Crippen LogP contribution in [0, 0.1) is 6.92 Å². The van der Waals surface area contributed by atoms with Gasteiger partial charge in [0, 0.05) is 12.6 Å². The van der Waals surface area contributed by atoms with E-state index in [0.29, 0.717) is 16.7 Å². The molecule has 0 amide bonds. The number of methoxy groups -OCH3 is 1. The van der Waals surface area contributed by atoms with Crippen LogP contribution >= 0.6 is 27.5 Å². The van der Waals surface area contributed by atoms with Gasteiger partial charge in [-0.3, -0.25) is 0 Å². The zero-order valence-corrected chi connectivity index (χ0v) is 12.6. The number of hydrogen-bond donors (Lipinski definition) is 1. The Labute approximate surface area is 119 Å². The summed E-state index contributed by atoms with van der Waals surface area (Å²) in [4.78, 5) is 4.33. The number of anilines is 1. The van der Waals surface area contributed by atoms with E-state index in [1.807, 2.05) is 26.1 Å². The minimum absolute atomic E-state index is 0.447. The number of halogens is 2. The van der Waals surface area contributed by atoms with Crippen LogP contribution in [-0.2, 0) is 7.05 Å². The number of aryl methyl sites for hydroxylation is 1. The van der Waals surface area contributed by atoms with E-state index in [9.17, 15) is 0 Å². The van der Waals surface area contributed by atoms with Crippen molar-refractivity contribution < 1.29 is 4.74 Å². The summed E-state index contributed by atoms with van der Waals surface area (Å²) in [5.74, 6) is 1.10. The first-order valence-electron chi connectivity index (χ1n) is 5.28. The lowest BCUT2D eigenvalue weighted by Crippen LogP contribution is -1.96. The van der Waals surface area contributed by atoms with Gasteiger partial charge in [0.2, 0.25) is 5.95 Å². The van der Waals surface area contributed by atoms with Gasteiger partial charge < -0.3 is 15.0 Å². The highest BCUT2D eigenvalue weighted by atomic mass is 79.9. The summed E-state index contributed by atoms with van der Waals surface area (Å²) in [5.41, 5.74) is 8.52. The van der Waals surface area contributed by atoms with E-state index in [0.717, 1.165) is 21.4 Å². The van der Waals surface area contributed by atoms with Crippen molar-refractivity contribution in [3.05, 3.63) is 27.3 Å². The van der Waals surface area contributed by atoms with Crippen LogP contribution in [0.25, 0.3) is 11.3 Å². The Kier molecular flexibility index (Phi) is 3.54. The Balaban J connectivity index is 2.64. The van der Waals surface area contributed by atoms with E-state index in [1.165, 1.54) is 0 Å². The number of rotatable bonds is 2. The highest BCUT2D eigenvalue weighted by Gasteiger charge is 2.16. The number of hydrogen-bond acceptors (Lipinski definition) is 3. The second-order valence-corrected chi connectivity index (χ2v) is 5.13. The van der Waals surface area contributed by atoms with Gasteiger partial charge in [-0.2, -0.15) is 0 Å². The smallest absolute Gasteiger partial charge is 0.201 e. The number of ether oxygens (including phenoxy) is 1. The second kappa shape index (κ2) is 4.82. The monoisotopic (exact) mass is 329 g/mol. The van der Waals surface area contributed by atoms with Gasteiger partial charge in [0.1, 0.15) is 16.0 Å². The fourth-order valence-electron chi connectivity index (χ4n) is 1.73. The molecule has 0 spiro atoms. The van der Waals surface area contributed by atoms with Crippen molar-refractivity contribution in [2.45, 2.75) is 6.92 Å². The maximum atomic E-state index is 6.14. The predicted molar refractivity (Wildman–Crippen MR) is 77.1 cm³/mol. The van der Waals surface area contributed by atoms with Gasteiger partial charge in [-0.15, -0.1) is 0 Å². The normalized spacial score (nSPS) is 10.7. The lowest BCUT2D eigenvalue weighted by molar-refractivity contribution is 0.415. The van der Waals surface area contributed by atoms with Gasteiger partial charge in [-0.05, 0) is 40.5 Å². The summed E-state index contributed by atoms with van der Waals surface area (Å²) in [6.07, 6.45) is 0. The molecule has 0 aliphatic rings. The topological polar surface area (TPSA) is 53.1 Å². The number of benzene rings is 1. The predicted octanol–water partition coefficient (Wildman–Crippen LogP) is 3.40. The van der Waals surface area contributed by atoms with Gasteiger partial charge in [-0.1, -0.05) is 11.6 Å². The molecule has 0 saturated heterocycles. The molecule has 0 saturated carbocycles. The molecule has 4 nitrogen and oxygen atoms in total. The summed E-state index contributed by atoms with van der Waals surface area (Å²) in [6, 6.07) is 3.72. The quantitative estimate of drug-likeness (QED) is 0.918. The maximum absolute atomic E-state index is 6.14. The van der Waals surface area contributed by atoms with Gasteiger partial charge in [0.15, 0.2) is 0 Å². The molecule has 0 radical (unpaired) electrons. The van der Waals surface area contributed by atoms with Crippen LogP contribution < -0.4 is 10.5 Å². The highest BCUT2D eigenvalue weighted by Crippen LogP contribution is 2.36. The highest BCUT2D eigenvalue weighted by molar-refractivity contribution is 9.10. The van der Waals surface area contributed by atoms with E-state index in [4.69, 9.17) is 22.1 Å². The molecular weight excluding hydrogens is 318 g/mol. The van der Waals surface area contributed by atoms with Crippen LogP contribution in [0.5, 0.6) is 5.75 Å². The first-order chi connectivity index (χ1) is 8.45. The molecule has 6 heteroatoms. The largest absolute Gasteiger partial charge is 0.495 e. The SMILES string of the molecule is COc1cc(C)c(-c2nc(N)n(C)c2Br)cc1Cl. The third-order valence-corrected chi connectivity index (χ3v) is 4.02. The van der Waals surface area contributed by atoms with Crippen LogP contribution in [0.1, 0.15) is 5.56 Å². The average Bonchev–Trinajstić information content (AvgIpc) is 2.59. The summed E-state index contributed by atoms with van der Waals surface area (Å²) >= 11 is 9.62. The van der Waals surface area contributed by atoms with E-state index in [2.05, 4.69) is 20.9 Å².